The summed E-state index contributed by atoms with van der Waals surface area (Å²) in [7, 11) is 1.55. The lowest BCUT2D eigenvalue weighted by Gasteiger charge is -2.06. The maximum atomic E-state index is 10.9. The molecule has 5 heteroatoms. The number of hydrogen-bond donors (Lipinski definition) is 1. The van der Waals surface area contributed by atoms with E-state index in [2.05, 4.69) is 0 Å². The monoisotopic (exact) mass is 246 g/mol. The molecule has 1 aromatic rings. The highest BCUT2D eigenvalue weighted by Crippen LogP contribution is 2.30. The van der Waals surface area contributed by atoms with Gasteiger partial charge < -0.3 is 5.11 Å². The topological polar surface area (TPSA) is 54.4 Å². The molecule has 0 amide bonds. The Morgan fingerprint density at radius 3 is 2.47 bits per heavy atom. The quantitative estimate of drug-likeness (QED) is 0.812. The molecule has 1 aliphatic rings. The number of rotatable bonds is 2. The zero-order valence-electron chi connectivity index (χ0n) is 8.03. The molecule has 0 atom stereocenters. The summed E-state index contributed by atoms with van der Waals surface area (Å²) in [6.45, 7) is 0. The van der Waals surface area contributed by atoms with Crippen LogP contribution in [-0.4, -0.2) is 13.5 Å². The molecule has 1 N–H and O–H groups in total. The molecule has 0 heterocycles. The lowest BCUT2D eigenvalue weighted by Crippen LogP contribution is -1.97. The van der Waals surface area contributed by atoms with Crippen LogP contribution in [0.1, 0.15) is 23.1 Å². The maximum Gasteiger partial charge on any atom is 0.236 e. The normalized spacial score (nSPS) is 15.3. The molecular weight excluding hydrogens is 236 g/mol. The van der Waals surface area contributed by atoms with Crippen LogP contribution >= 0.6 is 10.7 Å². The van der Waals surface area contributed by atoms with Crippen molar-refractivity contribution in [2.75, 3.05) is 0 Å². The van der Waals surface area contributed by atoms with Crippen LogP contribution < -0.4 is 0 Å². The molecule has 82 valence electrons. The minimum absolute atomic E-state index is 0.0277. The Kier molecular flexibility index (Phi) is 2.64. The van der Waals surface area contributed by atoms with Crippen molar-refractivity contribution in [3.8, 4) is 5.75 Å². The van der Waals surface area contributed by atoms with Crippen LogP contribution in [0.15, 0.2) is 12.1 Å². The third-order valence-corrected chi connectivity index (χ3v) is 3.60. The van der Waals surface area contributed by atoms with Gasteiger partial charge in [-0.15, -0.1) is 0 Å². The van der Waals surface area contributed by atoms with E-state index in [9.17, 15) is 13.5 Å². The van der Waals surface area contributed by atoms with Crippen LogP contribution in [0, 0.1) is 0 Å². The molecule has 1 aliphatic carbocycles. The summed E-state index contributed by atoms with van der Waals surface area (Å²) in [5.41, 5.74) is 2.64. The van der Waals surface area contributed by atoms with Crippen molar-refractivity contribution in [3.63, 3.8) is 0 Å². The smallest absolute Gasteiger partial charge is 0.236 e. The predicted molar refractivity (Wildman–Crippen MR) is 58.6 cm³/mol. The van der Waals surface area contributed by atoms with Gasteiger partial charge in [0.15, 0.2) is 0 Å². The van der Waals surface area contributed by atoms with Crippen molar-refractivity contribution >= 4 is 19.7 Å². The summed E-state index contributed by atoms with van der Waals surface area (Å²) >= 11 is 0. The number of benzene rings is 1. The molecule has 15 heavy (non-hydrogen) atoms. The highest BCUT2D eigenvalue weighted by molar-refractivity contribution is 8.13. The molecule has 0 saturated heterocycles. The summed E-state index contributed by atoms with van der Waals surface area (Å²) in [4.78, 5) is 0. The second kappa shape index (κ2) is 3.68. The molecule has 0 fully saturated rings. The average molecular weight is 247 g/mol. The number of aryl methyl sites for hydroxylation is 2. The fourth-order valence-electron chi connectivity index (χ4n) is 1.96. The SMILES string of the molecule is O=S(=O)(Cl)Cc1cc2c(cc1O)CCC2. The van der Waals surface area contributed by atoms with Gasteiger partial charge in [-0.3, -0.25) is 0 Å². The van der Waals surface area contributed by atoms with Crippen molar-refractivity contribution < 1.29 is 13.5 Å². The zero-order valence-corrected chi connectivity index (χ0v) is 9.61. The zero-order chi connectivity index (χ0) is 11.1. The van der Waals surface area contributed by atoms with Gasteiger partial charge in [-0.25, -0.2) is 8.42 Å². The molecule has 3 nitrogen and oxygen atoms in total. The predicted octanol–water partition coefficient (Wildman–Crippen LogP) is 1.95. The Hall–Kier alpha value is -0.740. The molecule has 0 saturated carbocycles. The Bertz CT molecular complexity index is 494. The van der Waals surface area contributed by atoms with Gasteiger partial charge in [0.05, 0.1) is 5.75 Å². The highest BCUT2D eigenvalue weighted by atomic mass is 35.7. The van der Waals surface area contributed by atoms with E-state index in [1.165, 1.54) is 0 Å². The molecule has 0 bridgehead atoms. The molecular formula is C10H11ClO3S. The Morgan fingerprint density at radius 2 is 1.87 bits per heavy atom. The van der Waals surface area contributed by atoms with E-state index in [-0.39, 0.29) is 11.5 Å². The third kappa shape index (κ3) is 2.44. The fourth-order valence-corrected chi connectivity index (χ4v) is 2.92. The van der Waals surface area contributed by atoms with Gasteiger partial charge in [0.2, 0.25) is 9.05 Å². The number of hydrogen-bond acceptors (Lipinski definition) is 3. The van der Waals surface area contributed by atoms with E-state index in [1.807, 2.05) is 0 Å². The largest absolute Gasteiger partial charge is 0.508 e. The summed E-state index contributed by atoms with van der Waals surface area (Å²) in [6, 6.07) is 3.40. The number of aromatic hydroxyl groups is 1. The van der Waals surface area contributed by atoms with E-state index in [4.69, 9.17) is 10.7 Å². The van der Waals surface area contributed by atoms with E-state index in [0.717, 1.165) is 30.4 Å². The summed E-state index contributed by atoms with van der Waals surface area (Å²) in [5.74, 6) is -0.284. The number of phenols is 1. The number of phenolic OH excluding ortho intramolecular Hbond substituents is 1. The summed E-state index contributed by atoms with van der Waals surface area (Å²) in [6.07, 6.45) is 2.97. The van der Waals surface area contributed by atoms with Crippen molar-refractivity contribution in [2.45, 2.75) is 25.0 Å². The van der Waals surface area contributed by atoms with Crippen LogP contribution in [-0.2, 0) is 27.6 Å². The molecule has 1 aromatic carbocycles. The van der Waals surface area contributed by atoms with E-state index in [0.29, 0.717) is 5.56 Å². The number of halogens is 1. The van der Waals surface area contributed by atoms with Gasteiger partial charge in [0, 0.05) is 16.2 Å². The van der Waals surface area contributed by atoms with Gasteiger partial charge >= 0.3 is 0 Å². The maximum absolute atomic E-state index is 10.9. The first-order valence-electron chi connectivity index (χ1n) is 4.72. The van der Waals surface area contributed by atoms with Gasteiger partial charge in [0.1, 0.15) is 5.75 Å². The second-order valence-electron chi connectivity index (χ2n) is 3.79. The van der Waals surface area contributed by atoms with Crippen LogP contribution in [0.25, 0.3) is 0 Å². The molecule has 2 rings (SSSR count). The van der Waals surface area contributed by atoms with E-state index in [1.54, 1.807) is 12.1 Å². The van der Waals surface area contributed by atoms with Gasteiger partial charge in [0.25, 0.3) is 0 Å². The highest BCUT2D eigenvalue weighted by Gasteiger charge is 2.17. The Labute approximate surface area is 93.1 Å². The lowest BCUT2D eigenvalue weighted by atomic mass is 10.1. The van der Waals surface area contributed by atoms with Crippen molar-refractivity contribution in [3.05, 3.63) is 28.8 Å². The average Bonchev–Trinajstić information content (AvgIpc) is 2.49. The molecule has 0 aliphatic heterocycles. The Balaban J connectivity index is 2.41. The number of fused-ring (bicyclic) bond motifs is 1. The standard InChI is InChI=1S/C10H11ClO3S/c11-15(13,14)6-9-4-7-2-1-3-8(7)5-10(9)12/h4-5,12H,1-3,6H2. The van der Waals surface area contributed by atoms with Crippen LogP contribution in [0.2, 0.25) is 0 Å². The van der Waals surface area contributed by atoms with Gasteiger partial charge in [-0.2, -0.15) is 0 Å². The fraction of sp³-hybridized carbons (Fsp3) is 0.400. The summed E-state index contributed by atoms with van der Waals surface area (Å²) < 4.78 is 21.8. The molecule has 0 spiro atoms. The first-order chi connectivity index (χ1) is 6.96. The van der Waals surface area contributed by atoms with Gasteiger partial charge in [-0.05, 0) is 36.5 Å². The van der Waals surface area contributed by atoms with Crippen molar-refractivity contribution in [2.24, 2.45) is 0 Å². The third-order valence-electron chi connectivity index (χ3n) is 2.62. The van der Waals surface area contributed by atoms with Crippen molar-refractivity contribution in [1.29, 1.82) is 0 Å². The van der Waals surface area contributed by atoms with Crippen molar-refractivity contribution in [1.82, 2.24) is 0 Å². The van der Waals surface area contributed by atoms with Crippen LogP contribution in [0.5, 0.6) is 5.75 Å². The second-order valence-corrected chi connectivity index (χ2v) is 6.56. The van der Waals surface area contributed by atoms with Crippen LogP contribution in [0.3, 0.4) is 0 Å². The molecule has 0 aromatic heterocycles. The minimum atomic E-state index is -3.60. The lowest BCUT2D eigenvalue weighted by molar-refractivity contribution is 0.469. The molecule has 0 radical (unpaired) electrons. The molecule has 0 unspecified atom stereocenters. The first kappa shape index (κ1) is 10.8. The summed E-state index contributed by atoms with van der Waals surface area (Å²) in [5, 5.41) is 9.61. The van der Waals surface area contributed by atoms with Crippen LogP contribution in [0.4, 0.5) is 0 Å². The van der Waals surface area contributed by atoms with Gasteiger partial charge in [-0.1, -0.05) is 6.07 Å². The first-order valence-corrected chi connectivity index (χ1v) is 7.19. The van der Waals surface area contributed by atoms with E-state index >= 15 is 0 Å². The van der Waals surface area contributed by atoms with E-state index < -0.39 is 9.05 Å². The Morgan fingerprint density at radius 1 is 1.27 bits per heavy atom. The minimum Gasteiger partial charge on any atom is -0.508 e.